The lowest BCUT2D eigenvalue weighted by atomic mass is 9.98. The Morgan fingerprint density at radius 3 is 2.14 bits per heavy atom. The Morgan fingerprint density at radius 2 is 1.43 bits per heavy atom. The zero-order chi connectivity index (χ0) is 19.5. The summed E-state index contributed by atoms with van der Waals surface area (Å²) in [4.78, 5) is 25.8. The zero-order valence-corrected chi connectivity index (χ0v) is 16.4. The molecule has 0 aromatic heterocycles. The average molecular weight is 438 g/mol. The molecule has 0 atom stereocenters. The number of carbonyl (C=O) groups is 2. The van der Waals surface area contributed by atoms with Crippen molar-refractivity contribution in [3.8, 4) is 11.5 Å². The monoisotopic (exact) mass is 437 g/mol. The normalized spacial score (nSPS) is 12.3. The summed E-state index contributed by atoms with van der Waals surface area (Å²) in [6.45, 7) is 0.941. The Hall–Kier alpha value is -3.12. The van der Waals surface area contributed by atoms with E-state index in [4.69, 9.17) is 9.47 Å². The van der Waals surface area contributed by atoms with Gasteiger partial charge >= 0.3 is 0 Å². The largest absolute Gasteiger partial charge is 0.486 e. The molecule has 1 aliphatic heterocycles. The van der Waals surface area contributed by atoms with Crippen LogP contribution in [0.2, 0.25) is 0 Å². The first-order chi connectivity index (χ1) is 13.6. The molecule has 1 N–H and O–H groups in total. The topological polar surface area (TPSA) is 64.6 Å². The Bertz CT molecular complexity index is 1050. The van der Waals surface area contributed by atoms with Crippen LogP contribution in [0.15, 0.2) is 71.2 Å². The fraction of sp³-hybridized carbons (Fsp3) is 0.0909. The van der Waals surface area contributed by atoms with E-state index in [0.29, 0.717) is 51.6 Å². The van der Waals surface area contributed by atoms with Crippen LogP contribution in [0.25, 0.3) is 0 Å². The van der Waals surface area contributed by atoms with Crippen molar-refractivity contribution in [2.75, 3.05) is 18.5 Å². The van der Waals surface area contributed by atoms with Crippen LogP contribution in [0.1, 0.15) is 26.3 Å². The second-order valence-corrected chi connectivity index (χ2v) is 7.02. The van der Waals surface area contributed by atoms with Crippen molar-refractivity contribution in [3.63, 3.8) is 0 Å². The number of benzene rings is 3. The van der Waals surface area contributed by atoms with Crippen molar-refractivity contribution < 1.29 is 19.1 Å². The number of ether oxygens (including phenoxy) is 2. The first-order valence-electron chi connectivity index (χ1n) is 8.73. The van der Waals surface area contributed by atoms with Gasteiger partial charge in [-0.15, -0.1) is 0 Å². The summed E-state index contributed by atoms with van der Waals surface area (Å²) < 4.78 is 11.8. The van der Waals surface area contributed by atoms with Gasteiger partial charge in [-0.25, -0.2) is 0 Å². The molecule has 3 aromatic carbocycles. The van der Waals surface area contributed by atoms with Gasteiger partial charge in [-0.1, -0.05) is 48.5 Å². The number of fused-ring (bicyclic) bond motifs is 1. The molecule has 5 nitrogen and oxygen atoms in total. The van der Waals surface area contributed by atoms with E-state index in [0.717, 1.165) is 0 Å². The van der Waals surface area contributed by atoms with E-state index in [-0.39, 0.29) is 11.7 Å². The number of halogens is 1. The third-order valence-corrected chi connectivity index (χ3v) is 4.99. The Balaban J connectivity index is 1.64. The zero-order valence-electron chi connectivity index (χ0n) is 14.8. The second kappa shape index (κ2) is 7.86. The van der Waals surface area contributed by atoms with Crippen LogP contribution in [0.5, 0.6) is 11.5 Å². The number of hydrogen-bond acceptors (Lipinski definition) is 4. The van der Waals surface area contributed by atoms with E-state index in [1.807, 2.05) is 6.07 Å². The first-order valence-corrected chi connectivity index (χ1v) is 9.52. The maximum Gasteiger partial charge on any atom is 0.256 e. The highest BCUT2D eigenvalue weighted by atomic mass is 79.9. The molecule has 0 spiro atoms. The van der Waals surface area contributed by atoms with Gasteiger partial charge in [-0.3, -0.25) is 9.59 Å². The summed E-state index contributed by atoms with van der Waals surface area (Å²) in [5, 5.41) is 2.85. The molecule has 0 radical (unpaired) electrons. The maximum absolute atomic E-state index is 12.9. The summed E-state index contributed by atoms with van der Waals surface area (Å²) in [6.07, 6.45) is 0. The standard InChI is InChI=1S/C22H16BrNO4/c23-17-12-19-20(28-11-10-27-19)13-18(17)24-22(26)16-9-5-4-8-15(16)21(25)14-6-2-1-3-7-14/h1-9,12-13H,10-11H2,(H,24,26). The molecule has 3 aromatic rings. The van der Waals surface area contributed by atoms with Crippen molar-refractivity contribution in [2.24, 2.45) is 0 Å². The number of rotatable bonds is 4. The quantitative estimate of drug-likeness (QED) is 0.600. The highest BCUT2D eigenvalue weighted by Crippen LogP contribution is 2.38. The molecule has 0 saturated carbocycles. The molecule has 1 aliphatic rings. The average Bonchev–Trinajstić information content (AvgIpc) is 2.74. The number of carbonyl (C=O) groups excluding carboxylic acids is 2. The van der Waals surface area contributed by atoms with Crippen LogP contribution in [0.3, 0.4) is 0 Å². The van der Waals surface area contributed by atoms with Gasteiger partial charge < -0.3 is 14.8 Å². The van der Waals surface area contributed by atoms with Crippen molar-refractivity contribution in [3.05, 3.63) is 87.9 Å². The number of amides is 1. The lowest BCUT2D eigenvalue weighted by molar-refractivity contribution is 0.0996. The molecule has 140 valence electrons. The molecule has 1 heterocycles. The van der Waals surface area contributed by atoms with Crippen LogP contribution < -0.4 is 14.8 Å². The SMILES string of the molecule is O=C(Nc1cc2c(cc1Br)OCCO2)c1ccccc1C(=O)c1ccccc1. The van der Waals surface area contributed by atoms with Crippen LogP contribution in [-0.4, -0.2) is 24.9 Å². The lowest BCUT2D eigenvalue weighted by Crippen LogP contribution is -2.18. The molecule has 0 fully saturated rings. The molecule has 0 aliphatic carbocycles. The molecule has 1 amide bonds. The van der Waals surface area contributed by atoms with Gasteiger partial charge in [0.1, 0.15) is 13.2 Å². The van der Waals surface area contributed by atoms with E-state index in [9.17, 15) is 9.59 Å². The summed E-state index contributed by atoms with van der Waals surface area (Å²) in [7, 11) is 0. The summed E-state index contributed by atoms with van der Waals surface area (Å²) in [5.41, 5.74) is 1.72. The Morgan fingerprint density at radius 1 is 0.821 bits per heavy atom. The fourth-order valence-electron chi connectivity index (χ4n) is 2.97. The van der Waals surface area contributed by atoms with Gasteiger partial charge in [0.05, 0.1) is 11.3 Å². The third kappa shape index (κ3) is 3.64. The maximum atomic E-state index is 12.9. The number of nitrogens with one attached hydrogen (secondary N) is 1. The van der Waals surface area contributed by atoms with Crippen molar-refractivity contribution in [1.29, 1.82) is 0 Å². The molecule has 0 saturated heterocycles. The molecule has 4 rings (SSSR count). The molecule has 0 unspecified atom stereocenters. The van der Waals surface area contributed by atoms with Crippen molar-refractivity contribution in [2.45, 2.75) is 0 Å². The third-order valence-electron chi connectivity index (χ3n) is 4.33. The van der Waals surface area contributed by atoms with Gasteiger partial charge in [-0.05, 0) is 22.0 Å². The highest BCUT2D eigenvalue weighted by molar-refractivity contribution is 9.10. The van der Waals surface area contributed by atoms with Crippen LogP contribution in [-0.2, 0) is 0 Å². The second-order valence-electron chi connectivity index (χ2n) is 6.17. The predicted octanol–water partition coefficient (Wildman–Crippen LogP) is 4.70. The summed E-state index contributed by atoms with van der Waals surface area (Å²) in [6, 6.07) is 19.1. The fourth-order valence-corrected chi connectivity index (χ4v) is 3.40. The van der Waals surface area contributed by atoms with Gasteiger partial charge in [0.2, 0.25) is 0 Å². The van der Waals surface area contributed by atoms with Gasteiger partial charge in [0.15, 0.2) is 17.3 Å². The number of hydrogen-bond donors (Lipinski definition) is 1. The molecule has 0 bridgehead atoms. The minimum atomic E-state index is -0.378. The molecular weight excluding hydrogens is 422 g/mol. The van der Waals surface area contributed by atoms with Crippen LogP contribution in [0.4, 0.5) is 5.69 Å². The molecular formula is C22H16BrNO4. The smallest absolute Gasteiger partial charge is 0.256 e. The van der Waals surface area contributed by atoms with E-state index in [2.05, 4.69) is 21.2 Å². The minimum Gasteiger partial charge on any atom is -0.486 e. The van der Waals surface area contributed by atoms with Crippen LogP contribution in [0, 0.1) is 0 Å². The van der Waals surface area contributed by atoms with Gasteiger partial charge in [-0.2, -0.15) is 0 Å². The van der Waals surface area contributed by atoms with Crippen LogP contribution >= 0.6 is 15.9 Å². The summed E-state index contributed by atoms with van der Waals surface area (Å²) >= 11 is 3.44. The first kappa shape index (κ1) is 18.3. The summed E-state index contributed by atoms with van der Waals surface area (Å²) in [5.74, 6) is 0.610. The van der Waals surface area contributed by atoms with E-state index < -0.39 is 0 Å². The van der Waals surface area contributed by atoms with Gasteiger partial charge in [0.25, 0.3) is 5.91 Å². The number of ketones is 1. The Labute approximate surface area is 170 Å². The predicted molar refractivity (Wildman–Crippen MR) is 109 cm³/mol. The molecule has 28 heavy (non-hydrogen) atoms. The highest BCUT2D eigenvalue weighted by Gasteiger charge is 2.20. The van der Waals surface area contributed by atoms with E-state index in [1.54, 1.807) is 60.7 Å². The van der Waals surface area contributed by atoms with E-state index >= 15 is 0 Å². The van der Waals surface area contributed by atoms with Gasteiger partial charge in [0, 0.05) is 27.7 Å². The van der Waals surface area contributed by atoms with Crippen molar-refractivity contribution >= 4 is 33.3 Å². The number of anilines is 1. The van der Waals surface area contributed by atoms with E-state index in [1.165, 1.54) is 0 Å². The Kier molecular flexibility index (Phi) is 5.12. The molecule has 6 heteroatoms. The van der Waals surface area contributed by atoms with Crippen molar-refractivity contribution in [1.82, 2.24) is 0 Å². The lowest BCUT2D eigenvalue weighted by Gasteiger charge is -2.20. The minimum absolute atomic E-state index is 0.201.